The fourth-order valence-electron chi connectivity index (χ4n) is 2.24. The molecule has 6 heteroatoms. The van der Waals surface area contributed by atoms with Gasteiger partial charge in [0.05, 0.1) is 13.7 Å². The van der Waals surface area contributed by atoms with Gasteiger partial charge in [-0.1, -0.05) is 6.08 Å². The monoisotopic (exact) mass is 334 g/mol. The van der Waals surface area contributed by atoms with E-state index in [-0.39, 0.29) is 6.61 Å². The average molecular weight is 334 g/mol. The van der Waals surface area contributed by atoms with Crippen molar-refractivity contribution in [2.24, 2.45) is 0 Å². The first-order chi connectivity index (χ1) is 11.3. The summed E-state index contributed by atoms with van der Waals surface area (Å²) in [7, 11) is 1.56. The predicted molar refractivity (Wildman–Crippen MR) is 87.1 cm³/mol. The number of hydrogen-bond acceptors (Lipinski definition) is 6. The average Bonchev–Trinajstić information content (AvgIpc) is 3.33. The molecule has 0 aliphatic carbocycles. The standard InChI is InChI=1S/C18H22O6/c1-6-11(2)17(20)24-16-7-12(3)15(21-5)8-14(16)18(10-23-18)9-22-13(4)19/h6-8H,9-10H2,1-5H3/b11-6+/t18-/m0/s1. The molecule has 0 spiro atoms. The number of rotatable bonds is 6. The van der Waals surface area contributed by atoms with E-state index in [0.717, 1.165) is 5.56 Å². The molecule has 0 saturated carbocycles. The van der Waals surface area contributed by atoms with Crippen LogP contribution in [0.4, 0.5) is 0 Å². The number of aryl methyl sites for hydroxylation is 1. The number of ether oxygens (including phenoxy) is 4. The quantitative estimate of drug-likeness (QED) is 0.345. The molecule has 0 unspecified atom stereocenters. The smallest absolute Gasteiger partial charge is 0.338 e. The van der Waals surface area contributed by atoms with Gasteiger partial charge >= 0.3 is 11.9 Å². The summed E-state index contributed by atoms with van der Waals surface area (Å²) in [6.07, 6.45) is 1.68. The highest BCUT2D eigenvalue weighted by atomic mass is 16.6. The van der Waals surface area contributed by atoms with E-state index in [1.54, 1.807) is 39.2 Å². The van der Waals surface area contributed by atoms with Crippen molar-refractivity contribution in [3.63, 3.8) is 0 Å². The zero-order valence-electron chi connectivity index (χ0n) is 14.6. The molecule has 0 radical (unpaired) electrons. The van der Waals surface area contributed by atoms with E-state index >= 15 is 0 Å². The van der Waals surface area contributed by atoms with Crippen molar-refractivity contribution in [2.75, 3.05) is 20.3 Å². The molecule has 130 valence electrons. The number of methoxy groups -OCH3 is 1. The van der Waals surface area contributed by atoms with Gasteiger partial charge in [0.2, 0.25) is 0 Å². The molecule has 1 fully saturated rings. The normalized spacial score (nSPS) is 19.6. The van der Waals surface area contributed by atoms with Crippen LogP contribution in [0.3, 0.4) is 0 Å². The third-order valence-corrected chi connectivity index (χ3v) is 3.95. The second kappa shape index (κ2) is 7.05. The first-order valence-corrected chi connectivity index (χ1v) is 7.64. The first kappa shape index (κ1) is 18.0. The topological polar surface area (TPSA) is 74.4 Å². The Kier molecular flexibility index (Phi) is 5.29. The van der Waals surface area contributed by atoms with Crippen LogP contribution in [0.1, 0.15) is 31.9 Å². The number of epoxide rings is 1. The van der Waals surface area contributed by atoms with Crippen molar-refractivity contribution < 1.29 is 28.5 Å². The van der Waals surface area contributed by atoms with Gasteiger partial charge in [-0.05, 0) is 38.5 Å². The lowest BCUT2D eigenvalue weighted by atomic mass is 9.97. The van der Waals surface area contributed by atoms with Gasteiger partial charge in [0.25, 0.3) is 0 Å². The highest BCUT2D eigenvalue weighted by Gasteiger charge is 2.50. The molecule has 1 aromatic carbocycles. The summed E-state index contributed by atoms with van der Waals surface area (Å²) >= 11 is 0. The fourth-order valence-corrected chi connectivity index (χ4v) is 2.24. The van der Waals surface area contributed by atoms with Crippen molar-refractivity contribution in [1.29, 1.82) is 0 Å². The third-order valence-electron chi connectivity index (χ3n) is 3.95. The van der Waals surface area contributed by atoms with Gasteiger partial charge in [-0.2, -0.15) is 0 Å². The Labute approximate surface area is 141 Å². The summed E-state index contributed by atoms with van der Waals surface area (Å²) in [5.74, 6) is 0.188. The van der Waals surface area contributed by atoms with Crippen molar-refractivity contribution in [1.82, 2.24) is 0 Å². The predicted octanol–water partition coefficient (Wildman–Crippen LogP) is 2.66. The molecular weight excluding hydrogens is 312 g/mol. The third kappa shape index (κ3) is 3.76. The first-order valence-electron chi connectivity index (χ1n) is 7.64. The number of carbonyl (C=O) groups is 2. The van der Waals surface area contributed by atoms with Crippen LogP contribution in [0.5, 0.6) is 11.5 Å². The summed E-state index contributed by atoms with van der Waals surface area (Å²) in [5.41, 5.74) is 1.15. The van der Waals surface area contributed by atoms with Crippen LogP contribution in [0.15, 0.2) is 23.8 Å². The molecule has 1 aliphatic rings. The summed E-state index contributed by atoms with van der Waals surface area (Å²) in [5, 5.41) is 0. The zero-order valence-corrected chi connectivity index (χ0v) is 14.6. The van der Waals surface area contributed by atoms with Crippen LogP contribution < -0.4 is 9.47 Å². The zero-order chi connectivity index (χ0) is 17.9. The molecule has 1 heterocycles. The minimum atomic E-state index is -0.800. The number of carbonyl (C=O) groups excluding carboxylic acids is 2. The molecule has 6 nitrogen and oxygen atoms in total. The molecule has 2 rings (SSSR count). The maximum absolute atomic E-state index is 12.1. The van der Waals surface area contributed by atoms with Crippen LogP contribution in [0.2, 0.25) is 0 Å². The Morgan fingerprint density at radius 1 is 1.29 bits per heavy atom. The van der Waals surface area contributed by atoms with E-state index in [1.807, 2.05) is 6.92 Å². The lowest BCUT2D eigenvalue weighted by Gasteiger charge is -2.19. The second-order valence-corrected chi connectivity index (χ2v) is 5.74. The van der Waals surface area contributed by atoms with E-state index in [0.29, 0.717) is 29.2 Å². The van der Waals surface area contributed by atoms with Gasteiger partial charge in [-0.15, -0.1) is 0 Å². The Balaban J connectivity index is 2.40. The van der Waals surface area contributed by atoms with Gasteiger partial charge < -0.3 is 18.9 Å². The number of allylic oxidation sites excluding steroid dienone is 1. The van der Waals surface area contributed by atoms with Gasteiger partial charge in [-0.3, -0.25) is 4.79 Å². The fraction of sp³-hybridized carbons (Fsp3) is 0.444. The molecule has 0 N–H and O–H groups in total. The lowest BCUT2D eigenvalue weighted by molar-refractivity contribution is -0.143. The van der Waals surface area contributed by atoms with Gasteiger partial charge in [0.15, 0.2) is 5.60 Å². The Morgan fingerprint density at radius 3 is 2.46 bits per heavy atom. The molecule has 1 aromatic rings. The van der Waals surface area contributed by atoms with Crippen molar-refractivity contribution in [3.05, 3.63) is 34.9 Å². The van der Waals surface area contributed by atoms with Crippen molar-refractivity contribution in [2.45, 2.75) is 33.3 Å². The maximum Gasteiger partial charge on any atom is 0.338 e. The van der Waals surface area contributed by atoms with Crippen LogP contribution in [-0.2, 0) is 24.7 Å². The van der Waals surface area contributed by atoms with E-state index in [1.165, 1.54) is 6.92 Å². The van der Waals surface area contributed by atoms with E-state index in [9.17, 15) is 9.59 Å². The van der Waals surface area contributed by atoms with Gasteiger partial charge in [0.1, 0.15) is 18.1 Å². The van der Waals surface area contributed by atoms with E-state index in [2.05, 4.69) is 0 Å². The van der Waals surface area contributed by atoms with Gasteiger partial charge in [-0.25, -0.2) is 4.79 Å². The Hall–Kier alpha value is -2.34. The highest BCUT2D eigenvalue weighted by Crippen LogP contribution is 2.46. The van der Waals surface area contributed by atoms with Crippen molar-refractivity contribution in [3.8, 4) is 11.5 Å². The SMILES string of the molecule is C/C=C(\C)C(=O)Oc1cc(C)c(OC)cc1[C@]1(COC(C)=O)CO1. The maximum atomic E-state index is 12.1. The van der Waals surface area contributed by atoms with Crippen LogP contribution in [0.25, 0.3) is 0 Å². The van der Waals surface area contributed by atoms with Crippen LogP contribution in [-0.4, -0.2) is 32.3 Å². The molecular formula is C18H22O6. The Bertz CT molecular complexity index is 685. The van der Waals surface area contributed by atoms with Crippen molar-refractivity contribution >= 4 is 11.9 Å². The van der Waals surface area contributed by atoms with Crippen LogP contribution >= 0.6 is 0 Å². The molecule has 24 heavy (non-hydrogen) atoms. The number of benzene rings is 1. The largest absolute Gasteiger partial charge is 0.496 e. The summed E-state index contributed by atoms with van der Waals surface area (Å²) in [6.45, 7) is 7.07. The molecule has 1 saturated heterocycles. The molecule has 1 aliphatic heterocycles. The van der Waals surface area contributed by atoms with E-state index < -0.39 is 17.5 Å². The Morgan fingerprint density at radius 2 is 1.96 bits per heavy atom. The molecule has 0 amide bonds. The highest BCUT2D eigenvalue weighted by molar-refractivity contribution is 5.89. The molecule has 0 bridgehead atoms. The summed E-state index contributed by atoms with van der Waals surface area (Å²) < 4.78 is 21.5. The van der Waals surface area contributed by atoms with E-state index in [4.69, 9.17) is 18.9 Å². The minimum Gasteiger partial charge on any atom is -0.496 e. The molecule has 0 aromatic heterocycles. The lowest BCUT2D eigenvalue weighted by Crippen LogP contribution is -2.21. The minimum absolute atomic E-state index is 0.0572. The second-order valence-electron chi connectivity index (χ2n) is 5.74. The summed E-state index contributed by atoms with van der Waals surface area (Å²) in [4.78, 5) is 23.2. The number of hydrogen-bond donors (Lipinski definition) is 0. The number of esters is 2. The molecule has 1 atom stereocenters. The summed E-state index contributed by atoms with van der Waals surface area (Å²) in [6, 6.07) is 3.49. The van der Waals surface area contributed by atoms with Crippen LogP contribution in [0, 0.1) is 6.92 Å². The van der Waals surface area contributed by atoms with Gasteiger partial charge in [0, 0.05) is 18.1 Å².